The fourth-order valence-electron chi connectivity index (χ4n) is 2.78. The van der Waals surface area contributed by atoms with Gasteiger partial charge in [-0.25, -0.2) is 4.39 Å². The Morgan fingerprint density at radius 2 is 2.00 bits per heavy atom. The molecular formula is C17H18FN3O3. The lowest BCUT2D eigenvalue weighted by Gasteiger charge is -2.23. The van der Waals surface area contributed by atoms with Gasteiger partial charge in [0, 0.05) is 13.1 Å². The van der Waals surface area contributed by atoms with E-state index in [9.17, 15) is 14.0 Å². The number of amides is 2. The largest absolute Gasteiger partial charge is 0.360 e. The molecule has 1 saturated carbocycles. The Morgan fingerprint density at radius 1 is 1.33 bits per heavy atom. The van der Waals surface area contributed by atoms with Crippen LogP contribution in [0.4, 0.5) is 10.2 Å². The Kier molecular flexibility index (Phi) is 4.09. The predicted octanol–water partition coefficient (Wildman–Crippen LogP) is 2.25. The molecule has 1 aromatic heterocycles. The summed E-state index contributed by atoms with van der Waals surface area (Å²) in [6, 6.07) is 7.56. The van der Waals surface area contributed by atoms with Crippen molar-refractivity contribution in [2.24, 2.45) is 0 Å². The first kappa shape index (κ1) is 16.2. The Morgan fingerprint density at radius 3 is 2.54 bits per heavy atom. The lowest BCUT2D eigenvalue weighted by atomic mass is 9.94. The zero-order valence-electron chi connectivity index (χ0n) is 13.5. The number of benzene rings is 1. The first-order valence-corrected chi connectivity index (χ1v) is 7.65. The minimum Gasteiger partial charge on any atom is -0.360 e. The molecule has 2 amide bonds. The molecule has 0 aliphatic heterocycles. The fraction of sp³-hybridized carbons (Fsp3) is 0.353. The van der Waals surface area contributed by atoms with Crippen molar-refractivity contribution in [1.29, 1.82) is 0 Å². The average Bonchev–Trinajstić information content (AvgIpc) is 3.25. The first-order chi connectivity index (χ1) is 11.4. The van der Waals surface area contributed by atoms with Crippen molar-refractivity contribution in [2.45, 2.75) is 25.2 Å². The van der Waals surface area contributed by atoms with Gasteiger partial charge in [0.1, 0.15) is 11.6 Å². The van der Waals surface area contributed by atoms with Gasteiger partial charge in [-0.15, -0.1) is 0 Å². The van der Waals surface area contributed by atoms with Gasteiger partial charge in [-0.3, -0.25) is 9.59 Å². The number of likely N-dealkylation sites (N-methyl/N-ethyl adjacent to an activating group) is 1. The maximum atomic E-state index is 13.1. The van der Waals surface area contributed by atoms with Crippen LogP contribution in [-0.4, -0.2) is 35.5 Å². The molecule has 0 atom stereocenters. The SMILES string of the molecule is Cc1cc(NC(=O)CN(C)C(=O)C2(c3ccc(F)cc3)CC2)no1. The number of aryl methyl sites for hydroxylation is 1. The average molecular weight is 331 g/mol. The number of carbonyl (C=O) groups excluding carboxylic acids is 2. The molecule has 126 valence electrons. The van der Waals surface area contributed by atoms with E-state index >= 15 is 0 Å². The van der Waals surface area contributed by atoms with E-state index in [0.717, 1.165) is 5.56 Å². The minimum atomic E-state index is -0.632. The van der Waals surface area contributed by atoms with Crippen LogP contribution in [0.3, 0.4) is 0 Å². The second kappa shape index (κ2) is 6.07. The highest BCUT2D eigenvalue weighted by molar-refractivity contribution is 5.97. The Balaban J connectivity index is 1.64. The lowest BCUT2D eigenvalue weighted by molar-refractivity contribution is -0.135. The quantitative estimate of drug-likeness (QED) is 0.912. The Hall–Kier alpha value is -2.70. The van der Waals surface area contributed by atoms with Gasteiger partial charge in [-0.05, 0) is 37.5 Å². The number of nitrogens with zero attached hydrogens (tertiary/aromatic N) is 2. The summed E-state index contributed by atoms with van der Waals surface area (Å²) < 4.78 is 17.9. The zero-order valence-corrected chi connectivity index (χ0v) is 13.5. The number of aromatic nitrogens is 1. The number of carbonyl (C=O) groups is 2. The molecule has 6 nitrogen and oxygen atoms in total. The third-order valence-electron chi connectivity index (χ3n) is 4.18. The van der Waals surface area contributed by atoms with E-state index in [0.29, 0.717) is 24.4 Å². The highest BCUT2D eigenvalue weighted by Crippen LogP contribution is 2.49. The van der Waals surface area contributed by atoms with Crippen LogP contribution < -0.4 is 5.32 Å². The number of anilines is 1. The molecule has 0 spiro atoms. The van der Waals surface area contributed by atoms with Crippen molar-refractivity contribution in [1.82, 2.24) is 10.1 Å². The predicted molar refractivity (Wildman–Crippen MR) is 84.8 cm³/mol. The van der Waals surface area contributed by atoms with Crippen LogP contribution in [0.1, 0.15) is 24.2 Å². The first-order valence-electron chi connectivity index (χ1n) is 7.65. The second-order valence-electron chi connectivity index (χ2n) is 6.12. The zero-order chi connectivity index (χ0) is 17.3. The summed E-state index contributed by atoms with van der Waals surface area (Å²) in [7, 11) is 1.58. The Bertz CT molecular complexity index is 766. The number of halogens is 1. The van der Waals surface area contributed by atoms with E-state index in [1.807, 2.05) is 0 Å². The van der Waals surface area contributed by atoms with Crippen LogP contribution in [0.5, 0.6) is 0 Å². The van der Waals surface area contributed by atoms with Crippen LogP contribution in [0.25, 0.3) is 0 Å². The van der Waals surface area contributed by atoms with Gasteiger partial charge >= 0.3 is 0 Å². The molecule has 0 unspecified atom stereocenters. The summed E-state index contributed by atoms with van der Waals surface area (Å²) in [5.74, 6) is 0.0771. The second-order valence-corrected chi connectivity index (χ2v) is 6.12. The molecule has 1 N–H and O–H groups in total. The third-order valence-corrected chi connectivity index (χ3v) is 4.18. The minimum absolute atomic E-state index is 0.0896. The van der Waals surface area contributed by atoms with Crippen LogP contribution >= 0.6 is 0 Å². The van der Waals surface area contributed by atoms with Crippen molar-refractivity contribution in [2.75, 3.05) is 18.9 Å². The summed E-state index contributed by atoms with van der Waals surface area (Å²) in [4.78, 5) is 26.1. The van der Waals surface area contributed by atoms with Crippen LogP contribution in [0, 0.1) is 12.7 Å². The summed E-state index contributed by atoms with van der Waals surface area (Å²) >= 11 is 0. The summed E-state index contributed by atoms with van der Waals surface area (Å²) in [5.41, 5.74) is 0.154. The van der Waals surface area contributed by atoms with Gasteiger partial charge in [-0.1, -0.05) is 17.3 Å². The molecule has 3 rings (SSSR count). The monoisotopic (exact) mass is 331 g/mol. The van der Waals surface area contributed by atoms with E-state index in [-0.39, 0.29) is 24.2 Å². The molecule has 0 bridgehead atoms. The maximum absolute atomic E-state index is 13.1. The van der Waals surface area contributed by atoms with E-state index in [4.69, 9.17) is 4.52 Å². The molecule has 0 radical (unpaired) electrons. The van der Waals surface area contributed by atoms with Crippen LogP contribution in [0.2, 0.25) is 0 Å². The standard InChI is InChI=1S/C17H18FN3O3/c1-11-9-14(20-24-11)19-15(22)10-21(2)16(23)17(7-8-17)12-3-5-13(18)6-4-12/h3-6,9H,7-8,10H2,1-2H3,(H,19,20,22). The molecule has 24 heavy (non-hydrogen) atoms. The van der Waals surface area contributed by atoms with E-state index in [1.54, 1.807) is 32.2 Å². The third kappa shape index (κ3) is 3.15. The van der Waals surface area contributed by atoms with Crippen LogP contribution in [0.15, 0.2) is 34.9 Å². The van der Waals surface area contributed by atoms with Crippen molar-refractivity contribution in [3.63, 3.8) is 0 Å². The fourth-order valence-corrected chi connectivity index (χ4v) is 2.78. The topological polar surface area (TPSA) is 75.4 Å². The summed E-state index contributed by atoms with van der Waals surface area (Å²) in [6.45, 7) is 1.63. The van der Waals surface area contributed by atoms with E-state index in [2.05, 4.69) is 10.5 Å². The molecule has 2 aromatic rings. The molecule has 1 aliphatic carbocycles. The van der Waals surface area contributed by atoms with Crippen molar-refractivity contribution < 1.29 is 18.5 Å². The van der Waals surface area contributed by atoms with Crippen LogP contribution in [-0.2, 0) is 15.0 Å². The number of nitrogens with one attached hydrogen (secondary N) is 1. The van der Waals surface area contributed by atoms with Crippen molar-refractivity contribution >= 4 is 17.6 Å². The van der Waals surface area contributed by atoms with Gasteiger partial charge < -0.3 is 14.7 Å². The molecule has 7 heteroatoms. The molecule has 1 fully saturated rings. The highest BCUT2D eigenvalue weighted by atomic mass is 19.1. The molecular weight excluding hydrogens is 313 g/mol. The lowest BCUT2D eigenvalue weighted by Crippen LogP contribution is -2.41. The molecule has 1 aliphatic rings. The van der Waals surface area contributed by atoms with Gasteiger partial charge in [0.15, 0.2) is 5.82 Å². The van der Waals surface area contributed by atoms with Crippen molar-refractivity contribution in [3.8, 4) is 0 Å². The van der Waals surface area contributed by atoms with Gasteiger partial charge in [0.2, 0.25) is 11.8 Å². The summed E-state index contributed by atoms with van der Waals surface area (Å²) in [5, 5.41) is 6.26. The molecule has 0 saturated heterocycles. The van der Waals surface area contributed by atoms with Gasteiger partial charge in [0.05, 0.1) is 12.0 Å². The Labute approximate surface area is 138 Å². The van der Waals surface area contributed by atoms with E-state index in [1.165, 1.54) is 17.0 Å². The number of rotatable bonds is 5. The maximum Gasteiger partial charge on any atom is 0.245 e. The highest BCUT2D eigenvalue weighted by Gasteiger charge is 2.52. The van der Waals surface area contributed by atoms with Gasteiger partial charge in [0.25, 0.3) is 0 Å². The summed E-state index contributed by atoms with van der Waals surface area (Å²) in [6.07, 6.45) is 1.40. The molecule has 1 heterocycles. The normalized spacial score (nSPS) is 15.0. The van der Waals surface area contributed by atoms with Gasteiger partial charge in [-0.2, -0.15) is 0 Å². The number of hydrogen-bond acceptors (Lipinski definition) is 4. The smallest absolute Gasteiger partial charge is 0.245 e. The van der Waals surface area contributed by atoms with Crippen molar-refractivity contribution in [3.05, 3.63) is 47.5 Å². The van der Waals surface area contributed by atoms with E-state index < -0.39 is 5.41 Å². The number of hydrogen-bond donors (Lipinski definition) is 1. The molecule has 1 aromatic carbocycles.